The molecule has 0 atom stereocenters. The molecule has 0 aliphatic carbocycles. The van der Waals surface area contributed by atoms with E-state index in [-0.39, 0.29) is 5.97 Å². The molecule has 2 aromatic rings. The second kappa shape index (κ2) is 7.64. The van der Waals surface area contributed by atoms with Gasteiger partial charge in [-0.2, -0.15) is 0 Å². The third-order valence-electron chi connectivity index (χ3n) is 2.85. The zero-order valence-corrected chi connectivity index (χ0v) is 12.9. The number of para-hydroxylation sites is 1. The van der Waals surface area contributed by atoms with E-state index in [1.54, 1.807) is 19.4 Å². The van der Waals surface area contributed by atoms with Gasteiger partial charge >= 0.3 is 5.97 Å². The van der Waals surface area contributed by atoms with Crippen molar-refractivity contribution in [3.63, 3.8) is 0 Å². The van der Waals surface area contributed by atoms with Gasteiger partial charge in [0, 0.05) is 11.9 Å². The van der Waals surface area contributed by atoms with Crippen LogP contribution in [0.1, 0.15) is 23.0 Å². The molecule has 0 radical (unpaired) electrons. The summed E-state index contributed by atoms with van der Waals surface area (Å²) < 4.78 is 10.2. The lowest BCUT2D eigenvalue weighted by Crippen LogP contribution is -2.07. The number of thiazole rings is 1. The Labute approximate surface area is 127 Å². The number of esters is 1. The molecule has 112 valence electrons. The Morgan fingerprint density at radius 1 is 1.38 bits per heavy atom. The van der Waals surface area contributed by atoms with Crippen molar-refractivity contribution in [2.75, 3.05) is 25.6 Å². The molecule has 1 aromatic heterocycles. The molecule has 0 aliphatic heterocycles. The number of benzene rings is 1. The molecule has 1 heterocycles. The van der Waals surface area contributed by atoms with Gasteiger partial charge in [-0.15, -0.1) is 11.3 Å². The fourth-order valence-electron chi connectivity index (χ4n) is 1.87. The lowest BCUT2D eigenvalue weighted by molar-refractivity contribution is 0.0520. The highest BCUT2D eigenvalue weighted by atomic mass is 32.1. The van der Waals surface area contributed by atoms with Gasteiger partial charge in [0.15, 0.2) is 10.8 Å². The number of nitrogens with one attached hydrogen (secondary N) is 1. The van der Waals surface area contributed by atoms with Crippen LogP contribution in [0.25, 0.3) is 0 Å². The lowest BCUT2D eigenvalue weighted by atomic mass is 10.1. The van der Waals surface area contributed by atoms with Crippen LogP contribution in [0.3, 0.4) is 0 Å². The van der Waals surface area contributed by atoms with Crippen LogP contribution in [-0.2, 0) is 11.2 Å². The van der Waals surface area contributed by atoms with Crippen molar-refractivity contribution in [3.05, 3.63) is 40.9 Å². The Hall–Kier alpha value is -2.08. The molecule has 0 aliphatic rings. The summed E-state index contributed by atoms with van der Waals surface area (Å²) in [4.78, 5) is 15.7. The highest BCUT2D eigenvalue weighted by Crippen LogP contribution is 2.19. The number of carbonyl (C=O) groups is 1. The fourth-order valence-corrected chi connectivity index (χ4v) is 2.58. The average Bonchev–Trinajstić information content (AvgIpc) is 2.97. The van der Waals surface area contributed by atoms with Crippen LogP contribution in [0, 0.1) is 0 Å². The Bertz CT molecular complexity index is 598. The lowest BCUT2D eigenvalue weighted by Gasteiger charge is -2.08. The topological polar surface area (TPSA) is 60.5 Å². The minimum absolute atomic E-state index is 0.349. The average molecular weight is 306 g/mol. The van der Waals surface area contributed by atoms with Gasteiger partial charge in [-0.05, 0) is 25.0 Å². The van der Waals surface area contributed by atoms with E-state index in [0.717, 1.165) is 24.3 Å². The zero-order chi connectivity index (χ0) is 15.1. The third kappa shape index (κ3) is 4.19. The van der Waals surface area contributed by atoms with Gasteiger partial charge in [0.2, 0.25) is 0 Å². The molecule has 0 fully saturated rings. The maximum absolute atomic E-state index is 11.5. The SMILES string of the molecule is CCOC(=O)c1csc(NCCc2ccccc2OC)n1. The van der Waals surface area contributed by atoms with Gasteiger partial charge in [-0.3, -0.25) is 0 Å². The van der Waals surface area contributed by atoms with Crippen molar-refractivity contribution in [1.29, 1.82) is 0 Å². The molecule has 2 rings (SSSR count). The van der Waals surface area contributed by atoms with Gasteiger partial charge in [-0.1, -0.05) is 18.2 Å². The van der Waals surface area contributed by atoms with Crippen molar-refractivity contribution in [1.82, 2.24) is 4.98 Å². The van der Waals surface area contributed by atoms with E-state index < -0.39 is 0 Å². The summed E-state index contributed by atoms with van der Waals surface area (Å²) in [6, 6.07) is 7.91. The summed E-state index contributed by atoms with van der Waals surface area (Å²) in [6.45, 7) is 2.85. The number of hydrogen-bond donors (Lipinski definition) is 1. The highest BCUT2D eigenvalue weighted by Gasteiger charge is 2.11. The molecule has 0 saturated carbocycles. The van der Waals surface area contributed by atoms with Gasteiger partial charge in [0.25, 0.3) is 0 Å². The first kappa shape index (κ1) is 15.3. The van der Waals surface area contributed by atoms with Crippen molar-refractivity contribution in [3.8, 4) is 5.75 Å². The summed E-state index contributed by atoms with van der Waals surface area (Å²) in [5.41, 5.74) is 1.48. The van der Waals surface area contributed by atoms with E-state index in [1.807, 2.05) is 24.3 Å². The van der Waals surface area contributed by atoms with E-state index in [0.29, 0.717) is 17.4 Å². The Morgan fingerprint density at radius 3 is 2.95 bits per heavy atom. The van der Waals surface area contributed by atoms with Crippen LogP contribution in [0.2, 0.25) is 0 Å². The van der Waals surface area contributed by atoms with Crippen LogP contribution in [0.15, 0.2) is 29.6 Å². The Balaban J connectivity index is 1.87. The number of aromatic nitrogens is 1. The minimum Gasteiger partial charge on any atom is -0.496 e. The first-order valence-corrected chi connectivity index (χ1v) is 7.61. The molecule has 21 heavy (non-hydrogen) atoms. The second-order valence-electron chi connectivity index (χ2n) is 4.25. The summed E-state index contributed by atoms with van der Waals surface area (Å²) in [5, 5.41) is 5.62. The summed E-state index contributed by atoms with van der Waals surface area (Å²) in [7, 11) is 1.67. The van der Waals surface area contributed by atoms with E-state index >= 15 is 0 Å². The summed E-state index contributed by atoms with van der Waals surface area (Å²) >= 11 is 1.39. The number of ether oxygens (including phenoxy) is 2. The number of anilines is 1. The normalized spacial score (nSPS) is 10.2. The van der Waals surface area contributed by atoms with Gasteiger partial charge < -0.3 is 14.8 Å². The van der Waals surface area contributed by atoms with Crippen molar-refractivity contribution in [2.45, 2.75) is 13.3 Å². The third-order valence-corrected chi connectivity index (χ3v) is 3.65. The van der Waals surface area contributed by atoms with Crippen molar-refractivity contribution in [2.24, 2.45) is 0 Å². The van der Waals surface area contributed by atoms with Crippen LogP contribution in [0.5, 0.6) is 5.75 Å². The van der Waals surface area contributed by atoms with Gasteiger partial charge in [-0.25, -0.2) is 9.78 Å². The Morgan fingerprint density at radius 2 is 2.19 bits per heavy atom. The van der Waals surface area contributed by atoms with Gasteiger partial charge in [0.1, 0.15) is 5.75 Å². The molecule has 0 spiro atoms. The molecule has 5 nitrogen and oxygen atoms in total. The maximum atomic E-state index is 11.5. The molecule has 0 bridgehead atoms. The molecule has 1 aromatic carbocycles. The smallest absolute Gasteiger partial charge is 0.357 e. The van der Waals surface area contributed by atoms with Crippen molar-refractivity contribution >= 4 is 22.4 Å². The molecule has 1 N–H and O–H groups in total. The highest BCUT2D eigenvalue weighted by molar-refractivity contribution is 7.13. The number of nitrogens with zero attached hydrogens (tertiary/aromatic N) is 1. The van der Waals surface area contributed by atoms with E-state index in [4.69, 9.17) is 9.47 Å². The number of hydrogen-bond acceptors (Lipinski definition) is 6. The largest absolute Gasteiger partial charge is 0.496 e. The zero-order valence-electron chi connectivity index (χ0n) is 12.1. The molecular weight excluding hydrogens is 288 g/mol. The first-order chi connectivity index (χ1) is 10.2. The Kier molecular flexibility index (Phi) is 5.57. The van der Waals surface area contributed by atoms with E-state index in [1.165, 1.54) is 11.3 Å². The molecule has 0 unspecified atom stereocenters. The van der Waals surface area contributed by atoms with Crippen molar-refractivity contribution < 1.29 is 14.3 Å². The number of rotatable bonds is 7. The maximum Gasteiger partial charge on any atom is 0.357 e. The summed E-state index contributed by atoms with van der Waals surface area (Å²) in [5.74, 6) is 0.497. The van der Waals surface area contributed by atoms with Crippen LogP contribution < -0.4 is 10.1 Å². The quantitative estimate of drug-likeness (QED) is 0.797. The minimum atomic E-state index is -0.383. The van der Waals surface area contributed by atoms with Gasteiger partial charge in [0.05, 0.1) is 13.7 Å². The number of carbonyl (C=O) groups excluding carboxylic acids is 1. The van der Waals surface area contributed by atoms with E-state index in [2.05, 4.69) is 10.3 Å². The standard InChI is InChI=1S/C15H18N2O3S/c1-3-20-14(18)12-10-21-15(17-12)16-9-8-11-6-4-5-7-13(11)19-2/h4-7,10H,3,8-9H2,1-2H3,(H,16,17). The molecular formula is C15H18N2O3S. The number of methoxy groups -OCH3 is 1. The fraction of sp³-hybridized carbons (Fsp3) is 0.333. The molecule has 0 amide bonds. The van der Waals surface area contributed by atoms with E-state index in [9.17, 15) is 4.79 Å². The molecule has 0 saturated heterocycles. The summed E-state index contributed by atoms with van der Waals surface area (Å²) in [6.07, 6.45) is 0.818. The predicted molar refractivity (Wildman–Crippen MR) is 83.3 cm³/mol. The molecule has 6 heteroatoms. The van der Waals surface area contributed by atoms with Crippen LogP contribution in [-0.4, -0.2) is 31.2 Å². The first-order valence-electron chi connectivity index (χ1n) is 6.73. The second-order valence-corrected chi connectivity index (χ2v) is 5.11. The monoisotopic (exact) mass is 306 g/mol. The van der Waals surface area contributed by atoms with Crippen LogP contribution in [0.4, 0.5) is 5.13 Å². The predicted octanol–water partition coefficient (Wildman–Crippen LogP) is 2.98. The van der Waals surface area contributed by atoms with Crippen LogP contribution >= 0.6 is 11.3 Å².